The molecule has 0 aliphatic heterocycles. The van der Waals surface area contributed by atoms with E-state index in [4.69, 9.17) is 0 Å². The predicted molar refractivity (Wildman–Crippen MR) is 89.0 cm³/mol. The minimum Gasteiger partial charge on any atom is -0.310 e. The topological polar surface area (TPSA) is 33.1 Å². The lowest BCUT2D eigenvalue weighted by molar-refractivity contribution is 0.175. The van der Waals surface area contributed by atoms with Crippen LogP contribution in [0.25, 0.3) is 0 Å². The van der Waals surface area contributed by atoms with Crippen LogP contribution in [0, 0.1) is 6.92 Å². The third-order valence-electron chi connectivity index (χ3n) is 3.62. The van der Waals surface area contributed by atoms with Gasteiger partial charge in [0.25, 0.3) is 0 Å². The molecule has 0 atom stereocenters. The quantitative estimate of drug-likeness (QED) is 0.735. The standard InChI is InChI=1S/C15H29BrN4/c1-7-20-14(15(16)13(6)18-20)10-17-8-9-19(11(2)3)12(4)5/h11-12,17H,7-10H2,1-6H3. The second-order valence-corrected chi connectivity index (χ2v) is 6.56. The smallest absolute Gasteiger partial charge is 0.0739 e. The van der Waals surface area contributed by atoms with Crippen molar-refractivity contribution in [3.8, 4) is 0 Å². The molecule has 0 bridgehead atoms. The minimum absolute atomic E-state index is 0.590. The van der Waals surface area contributed by atoms with Crippen molar-refractivity contribution in [2.45, 2.75) is 66.7 Å². The molecule has 20 heavy (non-hydrogen) atoms. The maximum absolute atomic E-state index is 4.52. The van der Waals surface area contributed by atoms with Gasteiger partial charge in [0.15, 0.2) is 0 Å². The van der Waals surface area contributed by atoms with Crippen molar-refractivity contribution in [1.82, 2.24) is 20.0 Å². The van der Waals surface area contributed by atoms with Gasteiger partial charge in [0.2, 0.25) is 0 Å². The Morgan fingerprint density at radius 1 is 1.25 bits per heavy atom. The van der Waals surface area contributed by atoms with Crippen LogP contribution in [0.2, 0.25) is 0 Å². The third-order valence-corrected chi connectivity index (χ3v) is 4.65. The van der Waals surface area contributed by atoms with Crippen LogP contribution in [-0.4, -0.2) is 39.9 Å². The zero-order valence-electron chi connectivity index (χ0n) is 13.7. The van der Waals surface area contributed by atoms with E-state index in [2.05, 4.69) is 70.5 Å². The van der Waals surface area contributed by atoms with Gasteiger partial charge < -0.3 is 5.32 Å². The lowest BCUT2D eigenvalue weighted by Gasteiger charge is -2.30. The van der Waals surface area contributed by atoms with Crippen LogP contribution in [0.1, 0.15) is 46.0 Å². The summed E-state index contributed by atoms with van der Waals surface area (Å²) in [6, 6.07) is 1.18. The van der Waals surface area contributed by atoms with E-state index in [0.717, 1.165) is 36.3 Å². The molecule has 0 unspecified atom stereocenters. The number of hydrogen-bond acceptors (Lipinski definition) is 3. The summed E-state index contributed by atoms with van der Waals surface area (Å²) in [5.74, 6) is 0. The lowest BCUT2D eigenvalue weighted by Crippen LogP contribution is -2.41. The first kappa shape index (κ1) is 17.7. The summed E-state index contributed by atoms with van der Waals surface area (Å²) in [7, 11) is 0. The fourth-order valence-electron chi connectivity index (χ4n) is 2.57. The SMILES string of the molecule is CCn1nc(C)c(Br)c1CNCCN(C(C)C)C(C)C. The van der Waals surface area contributed by atoms with Crippen LogP contribution in [-0.2, 0) is 13.1 Å². The molecule has 0 saturated carbocycles. The summed E-state index contributed by atoms with van der Waals surface area (Å²) >= 11 is 3.64. The molecule has 116 valence electrons. The Hall–Kier alpha value is -0.390. The fraction of sp³-hybridized carbons (Fsp3) is 0.800. The zero-order valence-corrected chi connectivity index (χ0v) is 15.3. The molecule has 1 aromatic rings. The van der Waals surface area contributed by atoms with Crippen LogP contribution in [0.3, 0.4) is 0 Å². The lowest BCUT2D eigenvalue weighted by atomic mass is 10.2. The van der Waals surface area contributed by atoms with Crippen molar-refractivity contribution in [1.29, 1.82) is 0 Å². The minimum atomic E-state index is 0.590. The van der Waals surface area contributed by atoms with E-state index in [0.29, 0.717) is 12.1 Å². The Morgan fingerprint density at radius 3 is 2.35 bits per heavy atom. The second kappa shape index (κ2) is 8.15. The van der Waals surface area contributed by atoms with Gasteiger partial charge in [0, 0.05) is 38.3 Å². The van der Waals surface area contributed by atoms with Gasteiger partial charge in [-0.25, -0.2) is 0 Å². The molecular weight excluding hydrogens is 316 g/mol. The molecule has 0 spiro atoms. The highest BCUT2D eigenvalue weighted by atomic mass is 79.9. The molecule has 0 aliphatic carbocycles. The van der Waals surface area contributed by atoms with Gasteiger partial charge in [-0.05, 0) is 57.5 Å². The summed E-state index contributed by atoms with van der Waals surface area (Å²) < 4.78 is 3.20. The van der Waals surface area contributed by atoms with Crippen LogP contribution in [0.4, 0.5) is 0 Å². The number of hydrogen-bond donors (Lipinski definition) is 1. The Bertz CT molecular complexity index is 404. The van der Waals surface area contributed by atoms with E-state index < -0.39 is 0 Å². The van der Waals surface area contributed by atoms with Crippen LogP contribution in [0.15, 0.2) is 4.47 Å². The van der Waals surface area contributed by atoms with Gasteiger partial charge in [-0.2, -0.15) is 5.10 Å². The van der Waals surface area contributed by atoms with E-state index in [-0.39, 0.29) is 0 Å². The summed E-state index contributed by atoms with van der Waals surface area (Å²) in [4.78, 5) is 2.50. The monoisotopic (exact) mass is 344 g/mol. The molecule has 0 fully saturated rings. The van der Waals surface area contributed by atoms with E-state index in [1.165, 1.54) is 5.69 Å². The maximum atomic E-state index is 4.52. The van der Waals surface area contributed by atoms with Crippen molar-refractivity contribution in [2.24, 2.45) is 0 Å². The van der Waals surface area contributed by atoms with Gasteiger partial charge in [-0.15, -0.1) is 0 Å². The van der Waals surface area contributed by atoms with Crippen LogP contribution >= 0.6 is 15.9 Å². The normalized spacial score (nSPS) is 12.1. The predicted octanol–water partition coefficient (Wildman–Crippen LogP) is 3.18. The van der Waals surface area contributed by atoms with Crippen LogP contribution < -0.4 is 5.32 Å². The highest BCUT2D eigenvalue weighted by Gasteiger charge is 2.14. The van der Waals surface area contributed by atoms with Crippen molar-refractivity contribution in [3.63, 3.8) is 0 Å². The molecule has 1 heterocycles. The molecule has 1 N–H and O–H groups in total. The largest absolute Gasteiger partial charge is 0.310 e. The Balaban J connectivity index is 2.49. The molecule has 5 heteroatoms. The third kappa shape index (κ3) is 4.57. The molecule has 1 rings (SSSR count). The average molecular weight is 345 g/mol. The van der Waals surface area contributed by atoms with Gasteiger partial charge in [0.1, 0.15) is 0 Å². The molecule has 1 aromatic heterocycles. The number of nitrogens with zero attached hydrogens (tertiary/aromatic N) is 3. The van der Waals surface area contributed by atoms with Gasteiger partial charge >= 0.3 is 0 Å². The van der Waals surface area contributed by atoms with Gasteiger partial charge in [-0.1, -0.05) is 0 Å². The van der Waals surface area contributed by atoms with Gasteiger partial charge in [0.05, 0.1) is 15.9 Å². The number of nitrogens with one attached hydrogen (secondary N) is 1. The first-order valence-corrected chi connectivity index (χ1v) is 8.36. The summed E-state index contributed by atoms with van der Waals surface area (Å²) in [6.07, 6.45) is 0. The van der Waals surface area contributed by atoms with Crippen molar-refractivity contribution in [3.05, 3.63) is 15.9 Å². The average Bonchev–Trinajstić information content (AvgIpc) is 2.64. The number of halogens is 1. The van der Waals surface area contributed by atoms with Crippen LogP contribution in [0.5, 0.6) is 0 Å². The fourth-order valence-corrected chi connectivity index (χ4v) is 2.99. The molecule has 4 nitrogen and oxygen atoms in total. The molecule has 0 aromatic carbocycles. The highest BCUT2D eigenvalue weighted by Crippen LogP contribution is 2.20. The summed E-state index contributed by atoms with van der Waals surface area (Å²) in [6.45, 7) is 17.0. The number of aromatic nitrogens is 2. The van der Waals surface area contributed by atoms with E-state index in [9.17, 15) is 0 Å². The molecular formula is C15H29BrN4. The van der Waals surface area contributed by atoms with E-state index in [1.807, 2.05) is 6.92 Å². The molecule has 0 aliphatic rings. The number of aryl methyl sites for hydroxylation is 2. The Kier molecular flexibility index (Phi) is 7.20. The van der Waals surface area contributed by atoms with Crippen molar-refractivity contribution in [2.75, 3.05) is 13.1 Å². The van der Waals surface area contributed by atoms with Crippen molar-refractivity contribution < 1.29 is 0 Å². The Morgan fingerprint density at radius 2 is 1.85 bits per heavy atom. The van der Waals surface area contributed by atoms with E-state index >= 15 is 0 Å². The summed E-state index contributed by atoms with van der Waals surface area (Å²) in [5.41, 5.74) is 2.31. The van der Waals surface area contributed by atoms with E-state index in [1.54, 1.807) is 0 Å². The molecule has 0 saturated heterocycles. The maximum Gasteiger partial charge on any atom is 0.0739 e. The molecule has 0 amide bonds. The van der Waals surface area contributed by atoms with Crippen molar-refractivity contribution >= 4 is 15.9 Å². The Labute approximate surface area is 132 Å². The van der Waals surface area contributed by atoms with Gasteiger partial charge in [-0.3, -0.25) is 9.58 Å². The molecule has 0 radical (unpaired) electrons. The first-order chi connectivity index (χ1) is 9.38. The number of rotatable bonds is 8. The summed E-state index contributed by atoms with van der Waals surface area (Å²) in [5, 5.41) is 8.06. The highest BCUT2D eigenvalue weighted by molar-refractivity contribution is 9.10. The first-order valence-electron chi connectivity index (χ1n) is 7.56. The zero-order chi connectivity index (χ0) is 15.3. The second-order valence-electron chi connectivity index (χ2n) is 5.76.